The van der Waals surface area contributed by atoms with E-state index in [4.69, 9.17) is 0 Å². The first kappa shape index (κ1) is 18.7. The van der Waals surface area contributed by atoms with Crippen LogP contribution < -0.4 is 5.32 Å². The lowest BCUT2D eigenvalue weighted by Crippen LogP contribution is -2.33. The highest BCUT2D eigenvalue weighted by Crippen LogP contribution is 2.34. The molecule has 2 rings (SSSR count). The number of alkyl halides is 3. The van der Waals surface area contributed by atoms with Crippen LogP contribution in [0.1, 0.15) is 11.1 Å². The Labute approximate surface area is 144 Å². The molecule has 0 saturated carbocycles. The van der Waals surface area contributed by atoms with E-state index in [1.165, 1.54) is 18.2 Å². The zero-order valence-corrected chi connectivity index (χ0v) is 13.6. The fraction of sp³-hybridized carbons (Fsp3) is 0.211. The van der Waals surface area contributed by atoms with Gasteiger partial charge in [0.15, 0.2) is 0 Å². The molecule has 2 aromatic rings. The summed E-state index contributed by atoms with van der Waals surface area (Å²) in [4.78, 5) is 14.0. The van der Waals surface area contributed by atoms with Crippen LogP contribution >= 0.6 is 0 Å². The molecule has 0 unspecified atom stereocenters. The van der Waals surface area contributed by atoms with Crippen LogP contribution in [0.15, 0.2) is 67.3 Å². The Hall–Kier alpha value is -2.60. The summed E-state index contributed by atoms with van der Waals surface area (Å²) in [6.45, 7) is 4.57. The third-order valence-electron chi connectivity index (χ3n) is 3.51. The summed E-state index contributed by atoms with van der Waals surface area (Å²) in [6.07, 6.45) is -2.87. The topological polar surface area (TPSA) is 32.3 Å². The SMILES string of the molecule is C=CCN(CC(=O)Nc1ccccc1C(F)(F)F)Cc1ccccc1. The maximum absolute atomic E-state index is 13.0. The van der Waals surface area contributed by atoms with E-state index in [1.807, 2.05) is 30.3 Å². The van der Waals surface area contributed by atoms with Gasteiger partial charge in [-0.25, -0.2) is 0 Å². The molecule has 0 aliphatic heterocycles. The number of rotatable bonds is 7. The van der Waals surface area contributed by atoms with Gasteiger partial charge in [0.1, 0.15) is 0 Å². The standard InChI is InChI=1S/C19H19F3N2O/c1-2-12-24(13-15-8-4-3-5-9-15)14-18(25)23-17-11-7-6-10-16(17)19(20,21)22/h2-11H,1,12-14H2,(H,23,25). The molecule has 0 aliphatic carbocycles. The zero-order chi connectivity index (χ0) is 18.3. The molecule has 6 heteroatoms. The summed E-state index contributed by atoms with van der Waals surface area (Å²) in [5.74, 6) is -0.505. The molecular formula is C19H19F3N2O. The first-order valence-corrected chi connectivity index (χ1v) is 7.73. The number of nitrogens with one attached hydrogen (secondary N) is 1. The van der Waals surface area contributed by atoms with E-state index in [9.17, 15) is 18.0 Å². The van der Waals surface area contributed by atoms with Crippen molar-refractivity contribution in [2.24, 2.45) is 0 Å². The van der Waals surface area contributed by atoms with Gasteiger partial charge in [0.05, 0.1) is 17.8 Å². The van der Waals surface area contributed by atoms with Crippen LogP contribution in [0, 0.1) is 0 Å². The van der Waals surface area contributed by atoms with Gasteiger partial charge in [0, 0.05) is 13.1 Å². The minimum Gasteiger partial charge on any atom is -0.324 e. The molecule has 0 radical (unpaired) electrons. The molecule has 0 atom stereocenters. The van der Waals surface area contributed by atoms with Gasteiger partial charge >= 0.3 is 6.18 Å². The lowest BCUT2D eigenvalue weighted by atomic mass is 10.1. The van der Waals surface area contributed by atoms with Gasteiger partial charge in [0.2, 0.25) is 5.91 Å². The summed E-state index contributed by atoms with van der Waals surface area (Å²) >= 11 is 0. The number of anilines is 1. The number of hydrogen-bond acceptors (Lipinski definition) is 2. The van der Waals surface area contributed by atoms with Crippen molar-refractivity contribution in [3.8, 4) is 0 Å². The van der Waals surface area contributed by atoms with E-state index in [2.05, 4.69) is 11.9 Å². The molecule has 0 aromatic heterocycles. The molecule has 0 heterocycles. The number of amides is 1. The molecule has 1 amide bonds. The van der Waals surface area contributed by atoms with Gasteiger partial charge in [-0.3, -0.25) is 9.69 Å². The fourth-order valence-corrected chi connectivity index (χ4v) is 2.44. The summed E-state index contributed by atoms with van der Waals surface area (Å²) in [5, 5.41) is 2.36. The molecular weight excluding hydrogens is 329 g/mol. The molecule has 132 valence electrons. The number of carbonyl (C=O) groups is 1. The molecule has 1 N–H and O–H groups in total. The third-order valence-corrected chi connectivity index (χ3v) is 3.51. The van der Waals surface area contributed by atoms with Gasteiger partial charge in [-0.1, -0.05) is 48.5 Å². The van der Waals surface area contributed by atoms with Crippen LogP contribution in [0.5, 0.6) is 0 Å². The second-order valence-corrected chi connectivity index (χ2v) is 5.54. The van der Waals surface area contributed by atoms with Crippen LogP contribution in [0.2, 0.25) is 0 Å². The normalized spacial score (nSPS) is 11.4. The van der Waals surface area contributed by atoms with Gasteiger partial charge in [0.25, 0.3) is 0 Å². The second-order valence-electron chi connectivity index (χ2n) is 5.54. The monoisotopic (exact) mass is 348 g/mol. The summed E-state index contributed by atoms with van der Waals surface area (Å²) in [7, 11) is 0. The highest BCUT2D eigenvalue weighted by atomic mass is 19.4. The largest absolute Gasteiger partial charge is 0.418 e. The Morgan fingerprint density at radius 1 is 1.08 bits per heavy atom. The van der Waals surface area contributed by atoms with Crippen molar-refractivity contribution >= 4 is 11.6 Å². The minimum absolute atomic E-state index is 0.0346. The van der Waals surface area contributed by atoms with E-state index < -0.39 is 17.6 Å². The molecule has 2 aromatic carbocycles. The molecule has 0 fully saturated rings. The first-order chi connectivity index (χ1) is 11.9. The number of hydrogen-bond donors (Lipinski definition) is 1. The van der Waals surface area contributed by atoms with Crippen molar-refractivity contribution in [1.29, 1.82) is 0 Å². The number of para-hydroxylation sites is 1. The van der Waals surface area contributed by atoms with Crippen LogP contribution in [0.25, 0.3) is 0 Å². The lowest BCUT2D eigenvalue weighted by molar-refractivity contribution is -0.137. The van der Waals surface area contributed by atoms with Crippen molar-refractivity contribution in [1.82, 2.24) is 4.90 Å². The minimum atomic E-state index is -4.52. The van der Waals surface area contributed by atoms with Gasteiger partial charge in [-0.15, -0.1) is 6.58 Å². The average molecular weight is 348 g/mol. The Morgan fingerprint density at radius 3 is 2.36 bits per heavy atom. The van der Waals surface area contributed by atoms with E-state index in [0.29, 0.717) is 13.1 Å². The number of carbonyl (C=O) groups excluding carboxylic acids is 1. The maximum atomic E-state index is 13.0. The number of halogens is 3. The van der Waals surface area contributed by atoms with Gasteiger partial charge in [-0.05, 0) is 17.7 Å². The Bertz CT molecular complexity index is 714. The third kappa shape index (κ3) is 5.76. The van der Waals surface area contributed by atoms with E-state index in [-0.39, 0.29) is 12.2 Å². The smallest absolute Gasteiger partial charge is 0.324 e. The van der Waals surface area contributed by atoms with Crippen LogP contribution in [-0.4, -0.2) is 23.9 Å². The van der Waals surface area contributed by atoms with Crippen molar-refractivity contribution < 1.29 is 18.0 Å². The number of benzene rings is 2. The second kappa shape index (κ2) is 8.48. The highest BCUT2D eigenvalue weighted by Gasteiger charge is 2.33. The maximum Gasteiger partial charge on any atom is 0.418 e. The van der Waals surface area contributed by atoms with E-state index in [0.717, 1.165) is 11.6 Å². The fourth-order valence-electron chi connectivity index (χ4n) is 2.44. The Morgan fingerprint density at radius 2 is 1.72 bits per heavy atom. The van der Waals surface area contributed by atoms with Gasteiger partial charge < -0.3 is 5.32 Å². The first-order valence-electron chi connectivity index (χ1n) is 7.73. The highest BCUT2D eigenvalue weighted by molar-refractivity contribution is 5.93. The molecule has 25 heavy (non-hydrogen) atoms. The van der Waals surface area contributed by atoms with E-state index >= 15 is 0 Å². The molecule has 0 aliphatic rings. The summed E-state index contributed by atoms with van der Waals surface area (Å²) in [5.41, 5.74) is -0.0900. The van der Waals surface area contributed by atoms with Crippen molar-refractivity contribution in [3.63, 3.8) is 0 Å². The van der Waals surface area contributed by atoms with Gasteiger partial charge in [-0.2, -0.15) is 13.2 Å². The predicted molar refractivity (Wildman–Crippen MR) is 92.0 cm³/mol. The average Bonchev–Trinajstić information content (AvgIpc) is 2.55. The van der Waals surface area contributed by atoms with Crippen LogP contribution in [0.4, 0.5) is 18.9 Å². The quantitative estimate of drug-likeness (QED) is 0.755. The number of nitrogens with zero attached hydrogens (tertiary/aromatic N) is 1. The summed E-state index contributed by atoms with van der Waals surface area (Å²) < 4.78 is 39.0. The van der Waals surface area contributed by atoms with E-state index in [1.54, 1.807) is 11.0 Å². The molecule has 0 saturated heterocycles. The summed E-state index contributed by atoms with van der Waals surface area (Å²) in [6, 6.07) is 14.5. The van der Waals surface area contributed by atoms with Crippen molar-refractivity contribution in [3.05, 3.63) is 78.4 Å². The van der Waals surface area contributed by atoms with Crippen molar-refractivity contribution in [2.75, 3.05) is 18.4 Å². The Kier molecular flexibility index (Phi) is 6.36. The molecule has 0 spiro atoms. The van der Waals surface area contributed by atoms with Crippen molar-refractivity contribution in [2.45, 2.75) is 12.7 Å². The molecule has 3 nitrogen and oxygen atoms in total. The van der Waals surface area contributed by atoms with Crippen LogP contribution in [0.3, 0.4) is 0 Å². The zero-order valence-electron chi connectivity index (χ0n) is 13.6. The lowest BCUT2D eigenvalue weighted by Gasteiger charge is -2.21. The van der Waals surface area contributed by atoms with Crippen LogP contribution in [-0.2, 0) is 17.5 Å². The predicted octanol–water partition coefficient (Wildman–Crippen LogP) is 4.33. The Balaban J connectivity index is 2.06. The molecule has 0 bridgehead atoms.